The zero-order valence-electron chi connectivity index (χ0n) is 11.4. The van der Waals surface area contributed by atoms with Crippen molar-refractivity contribution in [3.8, 4) is 0 Å². The molecule has 1 aliphatic heterocycles. The number of amides is 2. The van der Waals surface area contributed by atoms with E-state index in [-0.39, 0.29) is 18.0 Å². The van der Waals surface area contributed by atoms with Gasteiger partial charge in [-0.2, -0.15) is 0 Å². The summed E-state index contributed by atoms with van der Waals surface area (Å²) >= 11 is 5.80. The smallest absolute Gasteiger partial charge is 0.256 e. The highest BCUT2D eigenvalue weighted by molar-refractivity contribution is 6.30. The zero-order valence-corrected chi connectivity index (χ0v) is 12.2. The fraction of sp³-hybridized carbons (Fsp3) is 0.125. The average molecular weight is 319 g/mol. The van der Waals surface area contributed by atoms with Gasteiger partial charge in [-0.05, 0) is 36.4 Å². The minimum atomic E-state index is -0.778. The van der Waals surface area contributed by atoms with Crippen LogP contribution in [0, 0.1) is 5.82 Å². The molecule has 1 atom stereocenters. The molecule has 0 radical (unpaired) electrons. The molecule has 0 aromatic heterocycles. The van der Waals surface area contributed by atoms with Crippen molar-refractivity contribution in [3.63, 3.8) is 0 Å². The van der Waals surface area contributed by atoms with Gasteiger partial charge in [0.05, 0.1) is 17.8 Å². The first-order valence-corrected chi connectivity index (χ1v) is 7.07. The van der Waals surface area contributed by atoms with Gasteiger partial charge in [0.2, 0.25) is 5.91 Å². The van der Waals surface area contributed by atoms with Crippen molar-refractivity contribution in [1.29, 1.82) is 0 Å². The van der Waals surface area contributed by atoms with E-state index in [1.807, 2.05) is 0 Å². The lowest BCUT2D eigenvalue weighted by Gasteiger charge is -2.16. The summed E-state index contributed by atoms with van der Waals surface area (Å²) in [5.41, 5.74) is 0.656. The van der Waals surface area contributed by atoms with E-state index in [1.165, 1.54) is 12.1 Å². The third-order valence-electron chi connectivity index (χ3n) is 3.44. The molecule has 0 unspecified atom stereocenters. The van der Waals surface area contributed by atoms with E-state index in [2.05, 4.69) is 5.32 Å². The van der Waals surface area contributed by atoms with Gasteiger partial charge in [-0.3, -0.25) is 9.59 Å². The Kier molecular flexibility index (Phi) is 3.81. The van der Waals surface area contributed by atoms with Crippen LogP contribution in [0.1, 0.15) is 6.42 Å². The Bertz CT molecular complexity index is 733. The molecule has 22 heavy (non-hydrogen) atoms. The van der Waals surface area contributed by atoms with Gasteiger partial charge in [0.15, 0.2) is 0 Å². The van der Waals surface area contributed by atoms with Crippen molar-refractivity contribution in [2.75, 3.05) is 10.2 Å². The lowest BCUT2D eigenvalue weighted by Crippen LogP contribution is -2.34. The molecule has 2 aromatic carbocycles. The van der Waals surface area contributed by atoms with Crippen LogP contribution in [-0.4, -0.2) is 17.9 Å². The third-order valence-corrected chi connectivity index (χ3v) is 3.69. The SMILES string of the molecule is O=C1C[C@@H](Nc2ccccc2F)C(=O)N1c1ccc(Cl)cc1. The lowest BCUT2D eigenvalue weighted by molar-refractivity contribution is -0.121. The van der Waals surface area contributed by atoms with Crippen molar-refractivity contribution in [2.45, 2.75) is 12.5 Å². The molecule has 0 saturated carbocycles. The molecule has 3 rings (SSSR count). The van der Waals surface area contributed by atoms with Crippen LogP contribution in [0.2, 0.25) is 5.02 Å². The highest BCUT2D eigenvalue weighted by Gasteiger charge is 2.39. The van der Waals surface area contributed by atoms with Gasteiger partial charge < -0.3 is 5.32 Å². The van der Waals surface area contributed by atoms with Crippen LogP contribution in [0.4, 0.5) is 15.8 Å². The van der Waals surface area contributed by atoms with Crippen LogP contribution in [0.3, 0.4) is 0 Å². The molecule has 1 heterocycles. The number of benzene rings is 2. The van der Waals surface area contributed by atoms with Gasteiger partial charge in [0.25, 0.3) is 5.91 Å². The molecule has 0 aliphatic carbocycles. The largest absolute Gasteiger partial charge is 0.371 e. The van der Waals surface area contributed by atoms with Gasteiger partial charge in [0.1, 0.15) is 11.9 Å². The topological polar surface area (TPSA) is 49.4 Å². The summed E-state index contributed by atoms with van der Waals surface area (Å²) < 4.78 is 13.6. The van der Waals surface area contributed by atoms with Crippen LogP contribution in [-0.2, 0) is 9.59 Å². The fourth-order valence-electron chi connectivity index (χ4n) is 2.37. The van der Waals surface area contributed by atoms with E-state index in [0.29, 0.717) is 10.7 Å². The second-order valence-electron chi connectivity index (χ2n) is 4.92. The summed E-state index contributed by atoms with van der Waals surface area (Å²) in [6, 6.07) is 11.7. The Balaban J connectivity index is 1.82. The Hall–Kier alpha value is -2.40. The normalized spacial score (nSPS) is 17.9. The predicted molar refractivity (Wildman–Crippen MR) is 82.4 cm³/mol. The number of hydrogen-bond donors (Lipinski definition) is 1. The fourth-order valence-corrected chi connectivity index (χ4v) is 2.50. The Morgan fingerprint density at radius 3 is 2.45 bits per heavy atom. The molecule has 2 aromatic rings. The number of rotatable bonds is 3. The average Bonchev–Trinajstić information content (AvgIpc) is 2.77. The summed E-state index contributed by atoms with van der Waals surface area (Å²) in [5, 5.41) is 3.30. The number of nitrogens with zero attached hydrogens (tertiary/aromatic N) is 1. The summed E-state index contributed by atoms with van der Waals surface area (Å²) in [4.78, 5) is 25.6. The molecule has 0 bridgehead atoms. The number of hydrogen-bond acceptors (Lipinski definition) is 3. The number of imide groups is 1. The van der Waals surface area contributed by atoms with Gasteiger partial charge in [0, 0.05) is 5.02 Å². The highest BCUT2D eigenvalue weighted by Crippen LogP contribution is 2.26. The maximum Gasteiger partial charge on any atom is 0.256 e. The Morgan fingerprint density at radius 2 is 1.77 bits per heavy atom. The molecule has 112 valence electrons. The monoisotopic (exact) mass is 318 g/mol. The molecule has 4 nitrogen and oxygen atoms in total. The highest BCUT2D eigenvalue weighted by atomic mass is 35.5. The van der Waals surface area contributed by atoms with Crippen molar-refractivity contribution < 1.29 is 14.0 Å². The number of halogens is 2. The number of nitrogens with one attached hydrogen (secondary N) is 1. The van der Waals surface area contributed by atoms with E-state index >= 15 is 0 Å². The second-order valence-corrected chi connectivity index (χ2v) is 5.36. The molecule has 1 fully saturated rings. The molecule has 1 saturated heterocycles. The number of anilines is 2. The Morgan fingerprint density at radius 1 is 1.09 bits per heavy atom. The number of para-hydroxylation sites is 1. The Labute approximate surface area is 131 Å². The maximum absolute atomic E-state index is 13.6. The maximum atomic E-state index is 13.6. The van der Waals surface area contributed by atoms with E-state index in [1.54, 1.807) is 36.4 Å². The van der Waals surface area contributed by atoms with E-state index in [0.717, 1.165) is 4.90 Å². The molecule has 1 N–H and O–H groups in total. The molecular formula is C16H12ClFN2O2. The van der Waals surface area contributed by atoms with Crippen LogP contribution in [0.25, 0.3) is 0 Å². The molecule has 2 amide bonds. The zero-order chi connectivity index (χ0) is 15.7. The first-order valence-electron chi connectivity index (χ1n) is 6.69. The summed E-state index contributed by atoms with van der Waals surface area (Å²) in [6.07, 6.45) is -0.0181. The summed E-state index contributed by atoms with van der Waals surface area (Å²) in [5.74, 6) is -1.20. The van der Waals surface area contributed by atoms with E-state index in [9.17, 15) is 14.0 Å². The van der Waals surface area contributed by atoms with Gasteiger partial charge in [-0.1, -0.05) is 23.7 Å². The van der Waals surface area contributed by atoms with Crippen LogP contribution in [0.5, 0.6) is 0 Å². The first kappa shape index (κ1) is 14.5. The van der Waals surface area contributed by atoms with Crippen molar-refractivity contribution in [3.05, 3.63) is 59.4 Å². The van der Waals surface area contributed by atoms with Gasteiger partial charge in [-0.25, -0.2) is 9.29 Å². The lowest BCUT2D eigenvalue weighted by atomic mass is 10.2. The quantitative estimate of drug-likeness (QED) is 0.884. The van der Waals surface area contributed by atoms with Crippen molar-refractivity contribution in [2.24, 2.45) is 0 Å². The number of carbonyl (C=O) groups is 2. The van der Waals surface area contributed by atoms with Gasteiger partial charge >= 0.3 is 0 Å². The van der Waals surface area contributed by atoms with Crippen molar-refractivity contribution >= 4 is 34.8 Å². The van der Waals surface area contributed by atoms with E-state index < -0.39 is 17.8 Å². The number of carbonyl (C=O) groups excluding carboxylic acids is 2. The van der Waals surface area contributed by atoms with Crippen LogP contribution < -0.4 is 10.2 Å². The van der Waals surface area contributed by atoms with E-state index in [4.69, 9.17) is 11.6 Å². The van der Waals surface area contributed by atoms with Crippen molar-refractivity contribution in [1.82, 2.24) is 0 Å². The first-order chi connectivity index (χ1) is 10.6. The second kappa shape index (κ2) is 5.77. The molecule has 1 aliphatic rings. The van der Waals surface area contributed by atoms with Crippen LogP contribution in [0.15, 0.2) is 48.5 Å². The van der Waals surface area contributed by atoms with Gasteiger partial charge in [-0.15, -0.1) is 0 Å². The molecular weight excluding hydrogens is 307 g/mol. The molecule has 0 spiro atoms. The predicted octanol–water partition coefficient (Wildman–Crippen LogP) is 3.22. The summed E-state index contributed by atoms with van der Waals surface area (Å²) in [7, 11) is 0. The minimum absolute atomic E-state index is 0.0181. The third kappa shape index (κ3) is 2.67. The van der Waals surface area contributed by atoms with Crippen LogP contribution >= 0.6 is 11.6 Å². The minimum Gasteiger partial charge on any atom is -0.371 e. The molecule has 6 heteroatoms. The standard InChI is InChI=1S/C16H12ClFN2O2/c17-10-5-7-11(8-6-10)20-15(21)9-14(16(20)22)19-13-4-2-1-3-12(13)18/h1-8,14,19H,9H2/t14-/m1/s1. The summed E-state index contributed by atoms with van der Waals surface area (Å²) in [6.45, 7) is 0.